The first-order valence-corrected chi connectivity index (χ1v) is 12.2. The lowest BCUT2D eigenvalue weighted by Gasteiger charge is -2.18. The molecule has 0 spiro atoms. The quantitative estimate of drug-likeness (QED) is 0.441. The van der Waals surface area contributed by atoms with E-state index in [0.717, 1.165) is 12.2 Å². The van der Waals surface area contributed by atoms with Crippen LogP contribution >= 0.6 is 11.6 Å². The first-order chi connectivity index (χ1) is 16.9. The average Bonchev–Trinajstić information content (AvgIpc) is 3.06. The van der Waals surface area contributed by atoms with Crippen molar-refractivity contribution >= 4 is 34.1 Å². The highest BCUT2D eigenvalue weighted by Crippen LogP contribution is 2.32. The molecule has 1 unspecified atom stereocenters. The molecule has 0 amide bonds. The lowest BCUT2D eigenvalue weighted by atomic mass is 9.89. The summed E-state index contributed by atoms with van der Waals surface area (Å²) in [5.41, 5.74) is 4.29. The van der Waals surface area contributed by atoms with Gasteiger partial charge in [-0.25, -0.2) is 15.0 Å². The number of aryl methyl sites for hydroxylation is 2. The Kier molecular flexibility index (Phi) is 6.49. The number of hydrogen-bond acceptors (Lipinski definition) is 7. The second-order valence-electron chi connectivity index (χ2n) is 9.19. The minimum absolute atomic E-state index is 0.280. The Balaban J connectivity index is 1.43. The van der Waals surface area contributed by atoms with Crippen molar-refractivity contribution in [1.82, 2.24) is 29.6 Å². The third-order valence-electron chi connectivity index (χ3n) is 6.66. The molecule has 0 bridgehead atoms. The van der Waals surface area contributed by atoms with Gasteiger partial charge in [0.1, 0.15) is 5.52 Å². The van der Waals surface area contributed by atoms with Crippen molar-refractivity contribution in [2.45, 2.75) is 39.0 Å². The Labute approximate surface area is 209 Å². The van der Waals surface area contributed by atoms with E-state index < -0.39 is 0 Å². The van der Waals surface area contributed by atoms with E-state index in [9.17, 15) is 4.79 Å². The van der Waals surface area contributed by atoms with E-state index >= 15 is 0 Å². The van der Waals surface area contributed by atoms with Gasteiger partial charge >= 0.3 is 0 Å². The molecule has 1 atom stereocenters. The lowest BCUT2D eigenvalue weighted by Crippen LogP contribution is -2.24. The molecule has 1 aliphatic rings. The van der Waals surface area contributed by atoms with Gasteiger partial charge in [0.05, 0.1) is 16.1 Å². The number of aromatic nitrogens is 5. The molecule has 9 heteroatoms. The van der Waals surface area contributed by atoms with Crippen molar-refractivity contribution in [2.75, 3.05) is 25.5 Å². The maximum absolute atomic E-state index is 13.1. The summed E-state index contributed by atoms with van der Waals surface area (Å²) in [7, 11) is 2.20. The van der Waals surface area contributed by atoms with Gasteiger partial charge in [-0.05, 0) is 94.6 Å². The summed E-state index contributed by atoms with van der Waals surface area (Å²) >= 11 is 6.23. The molecule has 0 aliphatic carbocycles. The molecule has 5 rings (SSSR count). The summed E-state index contributed by atoms with van der Waals surface area (Å²) in [4.78, 5) is 28.7. The number of pyridine rings is 1. The summed E-state index contributed by atoms with van der Waals surface area (Å²) in [6, 6.07) is 9.81. The van der Waals surface area contributed by atoms with E-state index in [2.05, 4.69) is 62.4 Å². The van der Waals surface area contributed by atoms with E-state index in [1.165, 1.54) is 47.8 Å². The summed E-state index contributed by atoms with van der Waals surface area (Å²) in [6.07, 6.45) is 6.73. The smallest absolute Gasteiger partial charge is 0.284 e. The molecule has 3 aromatic heterocycles. The molecule has 4 heterocycles. The van der Waals surface area contributed by atoms with Crippen molar-refractivity contribution in [3.05, 3.63) is 74.9 Å². The highest BCUT2D eigenvalue weighted by Gasteiger charge is 2.19. The third-order valence-corrected chi connectivity index (χ3v) is 6.96. The van der Waals surface area contributed by atoms with Gasteiger partial charge in [-0.2, -0.15) is 9.78 Å². The number of rotatable bonds is 4. The van der Waals surface area contributed by atoms with Crippen LogP contribution in [0.3, 0.4) is 0 Å². The van der Waals surface area contributed by atoms with Gasteiger partial charge in [0.2, 0.25) is 5.95 Å². The van der Waals surface area contributed by atoms with Crippen LogP contribution in [0.4, 0.5) is 11.6 Å². The summed E-state index contributed by atoms with van der Waals surface area (Å²) in [5, 5.41) is 8.39. The van der Waals surface area contributed by atoms with Crippen LogP contribution in [0.1, 0.15) is 42.0 Å². The fourth-order valence-electron chi connectivity index (χ4n) is 4.80. The number of benzene rings is 1. The van der Waals surface area contributed by atoms with Crippen LogP contribution < -0.4 is 10.9 Å². The molecule has 0 saturated carbocycles. The Hall–Kier alpha value is -3.36. The first kappa shape index (κ1) is 23.4. The molecular formula is C26H28ClN7O. The van der Waals surface area contributed by atoms with Crippen molar-refractivity contribution in [3.63, 3.8) is 0 Å². The number of likely N-dealkylation sites (tertiary alicyclic amines) is 1. The zero-order chi connectivity index (χ0) is 24.5. The van der Waals surface area contributed by atoms with Crippen LogP contribution in [-0.4, -0.2) is 49.8 Å². The number of halogens is 1. The van der Waals surface area contributed by atoms with Gasteiger partial charge in [-0.3, -0.25) is 4.79 Å². The van der Waals surface area contributed by atoms with E-state index in [1.807, 2.05) is 0 Å². The topological polar surface area (TPSA) is 88.8 Å². The molecular weight excluding hydrogens is 462 g/mol. The van der Waals surface area contributed by atoms with Gasteiger partial charge in [0.15, 0.2) is 5.82 Å². The molecule has 1 fully saturated rings. The monoisotopic (exact) mass is 489 g/mol. The van der Waals surface area contributed by atoms with Gasteiger partial charge in [-0.1, -0.05) is 17.7 Å². The first-order valence-electron chi connectivity index (χ1n) is 11.8. The highest BCUT2D eigenvalue weighted by atomic mass is 35.5. The van der Waals surface area contributed by atoms with E-state index in [1.54, 1.807) is 25.3 Å². The Bertz CT molecular complexity index is 1450. The van der Waals surface area contributed by atoms with E-state index in [-0.39, 0.29) is 11.4 Å². The molecule has 1 aromatic carbocycles. The zero-order valence-corrected chi connectivity index (χ0v) is 20.9. The summed E-state index contributed by atoms with van der Waals surface area (Å²) in [5.74, 6) is 1.29. The minimum atomic E-state index is -0.369. The lowest BCUT2D eigenvalue weighted by molar-refractivity contribution is 0.347. The predicted octanol–water partition coefficient (Wildman–Crippen LogP) is 4.78. The number of anilines is 2. The number of hydrogen-bond donors (Lipinski definition) is 1. The van der Waals surface area contributed by atoms with Gasteiger partial charge in [-0.15, -0.1) is 0 Å². The second-order valence-corrected chi connectivity index (χ2v) is 9.60. The normalized spacial score (nSPS) is 16.9. The van der Waals surface area contributed by atoms with Crippen molar-refractivity contribution in [2.24, 2.45) is 0 Å². The van der Waals surface area contributed by atoms with Gasteiger partial charge < -0.3 is 10.2 Å². The maximum atomic E-state index is 13.1. The number of nitrogens with zero attached hydrogens (tertiary/aromatic N) is 6. The van der Waals surface area contributed by atoms with Crippen LogP contribution in [0, 0.1) is 13.8 Å². The SMILES string of the molecule is Cc1cc(Nc2ncc3c(=O)n(-c4ncccc4Cl)nc(C)c3n2)ccc1C1CCCN(C)CC1. The number of fused-ring (bicyclic) bond motifs is 1. The van der Waals surface area contributed by atoms with Crippen molar-refractivity contribution in [3.8, 4) is 5.82 Å². The highest BCUT2D eigenvalue weighted by molar-refractivity contribution is 6.32. The predicted molar refractivity (Wildman–Crippen MR) is 139 cm³/mol. The fourth-order valence-corrected chi connectivity index (χ4v) is 5.00. The van der Waals surface area contributed by atoms with Crippen LogP contribution in [0.25, 0.3) is 16.7 Å². The van der Waals surface area contributed by atoms with Crippen LogP contribution in [0.2, 0.25) is 5.02 Å². The van der Waals surface area contributed by atoms with Crippen molar-refractivity contribution < 1.29 is 0 Å². The Morgan fingerprint density at radius 3 is 2.77 bits per heavy atom. The van der Waals surface area contributed by atoms with Crippen molar-refractivity contribution in [1.29, 1.82) is 0 Å². The van der Waals surface area contributed by atoms with Crippen LogP contribution in [0.15, 0.2) is 47.5 Å². The molecule has 1 saturated heterocycles. The molecule has 0 radical (unpaired) electrons. The number of nitrogens with one attached hydrogen (secondary N) is 1. The van der Waals surface area contributed by atoms with Gasteiger partial charge in [0.25, 0.3) is 5.56 Å². The maximum Gasteiger partial charge on any atom is 0.284 e. The minimum Gasteiger partial charge on any atom is -0.324 e. The molecule has 4 aromatic rings. The summed E-state index contributed by atoms with van der Waals surface area (Å²) in [6.45, 7) is 6.27. The average molecular weight is 490 g/mol. The molecule has 1 N–H and O–H groups in total. The van der Waals surface area contributed by atoms with Crippen LogP contribution in [-0.2, 0) is 0 Å². The largest absolute Gasteiger partial charge is 0.324 e. The molecule has 1 aliphatic heterocycles. The second kappa shape index (κ2) is 9.71. The fraction of sp³-hybridized carbons (Fsp3) is 0.346. The molecule has 35 heavy (non-hydrogen) atoms. The third kappa shape index (κ3) is 4.76. The Morgan fingerprint density at radius 2 is 1.97 bits per heavy atom. The summed E-state index contributed by atoms with van der Waals surface area (Å²) < 4.78 is 1.20. The van der Waals surface area contributed by atoms with E-state index in [0.29, 0.717) is 33.5 Å². The van der Waals surface area contributed by atoms with E-state index in [4.69, 9.17) is 11.6 Å². The van der Waals surface area contributed by atoms with Gasteiger partial charge in [0, 0.05) is 18.1 Å². The van der Waals surface area contributed by atoms with Crippen LogP contribution in [0.5, 0.6) is 0 Å². The standard InChI is InChI=1S/C26H28ClN7O/c1-16-14-19(8-9-20(16)18-6-5-12-33(3)13-10-18)30-26-29-15-21-23(31-26)17(2)32-34(25(21)35)24-22(27)7-4-11-28-24/h4,7-9,11,14-15,18H,5-6,10,12-13H2,1-3H3,(H,29,30,31). The zero-order valence-electron chi connectivity index (χ0n) is 20.1. The molecule has 180 valence electrons. The molecule has 8 nitrogen and oxygen atoms in total. The Morgan fingerprint density at radius 1 is 1.11 bits per heavy atom.